The van der Waals surface area contributed by atoms with E-state index in [1.165, 1.54) is 5.56 Å². The second-order valence-corrected chi connectivity index (χ2v) is 4.88. The third-order valence-electron chi connectivity index (χ3n) is 3.18. The molecule has 0 aromatic heterocycles. The van der Waals surface area contributed by atoms with Crippen LogP contribution in [0.4, 0.5) is 0 Å². The topological polar surface area (TPSA) is 40.5 Å². The maximum Gasteiger partial charge on any atom is 0.157 e. The van der Waals surface area contributed by atoms with Gasteiger partial charge in [0.25, 0.3) is 0 Å². The summed E-state index contributed by atoms with van der Waals surface area (Å²) in [7, 11) is 0. The Balaban J connectivity index is 2.45. The normalized spacial score (nSPS) is 12.6. The monoisotopic (exact) mass is 242 g/mol. The summed E-state index contributed by atoms with van der Waals surface area (Å²) >= 11 is 0. The number of benzene rings is 2. The third kappa shape index (κ3) is 2.48. The van der Waals surface area contributed by atoms with E-state index in [1.807, 2.05) is 24.3 Å². The van der Waals surface area contributed by atoms with Gasteiger partial charge in [0, 0.05) is 5.92 Å². The first-order valence-corrected chi connectivity index (χ1v) is 6.16. The third-order valence-corrected chi connectivity index (χ3v) is 3.18. The lowest BCUT2D eigenvalue weighted by atomic mass is 9.82. The van der Waals surface area contributed by atoms with Crippen molar-refractivity contribution in [3.63, 3.8) is 0 Å². The van der Waals surface area contributed by atoms with E-state index in [-0.39, 0.29) is 17.4 Å². The molecule has 2 N–H and O–H groups in total. The maximum absolute atomic E-state index is 9.63. The molecule has 0 aliphatic rings. The van der Waals surface area contributed by atoms with Crippen LogP contribution in [0.2, 0.25) is 0 Å². The molecule has 2 aromatic rings. The zero-order valence-electron chi connectivity index (χ0n) is 10.7. The molecule has 0 heterocycles. The lowest BCUT2D eigenvalue weighted by molar-refractivity contribution is 0.402. The van der Waals surface area contributed by atoms with Gasteiger partial charge in [-0.25, -0.2) is 0 Å². The largest absolute Gasteiger partial charge is 0.504 e. The standard InChI is InChI=1S/C16H18O2/c1-11(2)16(12-6-4-3-5-7-12)13-8-9-14(17)15(18)10-13/h3-11,16-18H,1-2H3/t16-/m1/s1. The van der Waals surface area contributed by atoms with Crippen molar-refractivity contribution >= 4 is 0 Å². The van der Waals surface area contributed by atoms with Crippen LogP contribution >= 0.6 is 0 Å². The number of rotatable bonds is 3. The molecule has 2 nitrogen and oxygen atoms in total. The van der Waals surface area contributed by atoms with Gasteiger partial charge in [0.1, 0.15) is 0 Å². The highest BCUT2D eigenvalue weighted by Gasteiger charge is 2.18. The fraction of sp³-hybridized carbons (Fsp3) is 0.250. The van der Waals surface area contributed by atoms with Crippen LogP contribution in [0.25, 0.3) is 0 Å². The summed E-state index contributed by atoms with van der Waals surface area (Å²) in [5.74, 6) is 0.498. The average Bonchev–Trinajstić information content (AvgIpc) is 2.35. The number of hydrogen-bond donors (Lipinski definition) is 2. The molecular weight excluding hydrogens is 224 g/mol. The molecular formula is C16H18O2. The smallest absolute Gasteiger partial charge is 0.157 e. The minimum atomic E-state index is -0.0747. The van der Waals surface area contributed by atoms with Crippen LogP contribution in [0, 0.1) is 5.92 Å². The molecule has 0 amide bonds. The van der Waals surface area contributed by atoms with Gasteiger partial charge in [-0.2, -0.15) is 0 Å². The summed E-state index contributed by atoms with van der Waals surface area (Å²) in [6.45, 7) is 4.31. The molecule has 0 spiro atoms. The predicted molar refractivity (Wildman–Crippen MR) is 72.9 cm³/mol. The van der Waals surface area contributed by atoms with Gasteiger partial charge in [0.15, 0.2) is 11.5 Å². The summed E-state index contributed by atoms with van der Waals surface area (Å²) < 4.78 is 0. The summed E-state index contributed by atoms with van der Waals surface area (Å²) in [4.78, 5) is 0. The van der Waals surface area contributed by atoms with E-state index in [0.717, 1.165) is 5.56 Å². The molecule has 18 heavy (non-hydrogen) atoms. The summed E-state index contributed by atoms with van der Waals surface area (Å²) in [5, 5.41) is 19.0. The first kappa shape index (κ1) is 12.5. The van der Waals surface area contributed by atoms with E-state index in [2.05, 4.69) is 26.0 Å². The van der Waals surface area contributed by atoms with Crippen molar-refractivity contribution in [2.75, 3.05) is 0 Å². The van der Waals surface area contributed by atoms with Crippen molar-refractivity contribution in [2.45, 2.75) is 19.8 Å². The van der Waals surface area contributed by atoms with E-state index in [0.29, 0.717) is 5.92 Å². The van der Waals surface area contributed by atoms with Crippen molar-refractivity contribution in [1.29, 1.82) is 0 Å². The number of hydrogen-bond acceptors (Lipinski definition) is 2. The van der Waals surface area contributed by atoms with Crippen LogP contribution in [0.1, 0.15) is 30.9 Å². The van der Waals surface area contributed by atoms with Crippen molar-refractivity contribution in [3.8, 4) is 11.5 Å². The van der Waals surface area contributed by atoms with E-state index >= 15 is 0 Å². The maximum atomic E-state index is 9.63. The Morgan fingerprint density at radius 1 is 0.778 bits per heavy atom. The minimum Gasteiger partial charge on any atom is -0.504 e. The van der Waals surface area contributed by atoms with Gasteiger partial charge in [0.05, 0.1) is 0 Å². The van der Waals surface area contributed by atoms with E-state index in [9.17, 15) is 10.2 Å². The van der Waals surface area contributed by atoms with Gasteiger partial charge >= 0.3 is 0 Å². The molecule has 1 atom stereocenters. The van der Waals surface area contributed by atoms with Crippen LogP contribution in [0.3, 0.4) is 0 Å². The van der Waals surface area contributed by atoms with Gasteiger partial charge < -0.3 is 10.2 Å². The fourth-order valence-corrected chi connectivity index (χ4v) is 2.36. The molecule has 2 rings (SSSR count). The van der Waals surface area contributed by atoms with Gasteiger partial charge in [-0.05, 0) is 29.2 Å². The Kier molecular flexibility index (Phi) is 3.56. The molecule has 0 saturated carbocycles. The van der Waals surface area contributed by atoms with Crippen LogP contribution in [0.15, 0.2) is 48.5 Å². The summed E-state index contributed by atoms with van der Waals surface area (Å²) in [5.41, 5.74) is 2.24. The van der Waals surface area contributed by atoms with E-state index in [4.69, 9.17) is 0 Å². The second kappa shape index (κ2) is 5.13. The van der Waals surface area contributed by atoms with Crippen LogP contribution < -0.4 is 0 Å². The Morgan fingerprint density at radius 2 is 1.44 bits per heavy atom. The average molecular weight is 242 g/mol. The highest BCUT2D eigenvalue weighted by atomic mass is 16.3. The molecule has 2 aromatic carbocycles. The van der Waals surface area contributed by atoms with Crippen LogP contribution in [-0.2, 0) is 0 Å². The Labute approximate surface area is 108 Å². The first-order chi connectivity index (χ1) is 8.59. The van der Waals surface area contributed by atoms with E-state index < -0.39 is 0 Å². The molecule has 0 aliphatic carbocycles. The molecule has 2 heteroatoms. The fourth-order valence-electron chi connectivity index (χ4n) is 2.36. The lowest BCUT2D eigenvalue weighted by Gasteiger charge is -2.22. The zero-order valence-corrected chi connectivity index (χ0v) is 10.7. The van der Waals surface area contributed by atoms with Crippen LogP contribution in [0.5, 0.6) is 11.5 Å². The number of phenols is 2. The Bertz CT molecular complexity index is 518. The lowest BCUT2D eigenvalue weighted by Crippen LogP contribution is -2.08. The van der Waals surface area contributed by atoms with Gasteiger partial charge in [0.2, 0.25) is 0 Å². The first-order valence-electron chi connectivity index (χ1n) is 6.16. The van der Waals surface area contributed by atoms with Crippen molar-refractivity contribution in [2.24, 2.45) is 5.92 Å². The zero-order chi connectivity index (χ0) is 13.1. The molecule has 0 bridgehead atoms. The number of aromatic hydroxyl groups is 2. The molecule has 0 radical (unpaired) electrons. The summed E-state index contributed by atoms with van der Waals surface area (Å²) in [6.07, 6.45) is 0. The highest BCUT2D eigenvalue weighted by molar-refractivity contribution is 5.44. The SMILES string of the molecule is CC(C)[C@H](c1ccccc1)c1ccc(O)c(O)c1. The molecule has 94 valence electrons. The van der Waals surface area contributed by atoms with E-state index in [1.54, 1.807) is 12.1 Å². The summed E-state index contributed by atoms with van der Waals surface area (Å²) in [6, 6.07) is 15.3. The molecule has 0 fully saturated rings. The van der Waals surface area contributed by atoms with Crippen molar-refractivity contribution in [3.05, 3.63) is 59.7 Å². The van der Waals surface area contributed by atoms with Crippen LogP contribution in [-0.4, -0.2) is 10.2 Å². The van der Waals surface area contributed by atoms with Gasteiger partial charge in [-0.3, -0.25) is 0 Å². The van der Waals surface area contributed by atoms with Gasteiger partial charge in [-0.15, -0.1) is 0 Å². The minimum absolute atomic E-state index is 0.0610. The predicted octanol–water partition coefficient (Wildman–Crippen LogP) is 3.89. The Morgan fingerprint density at radius 3 is 2.00 bits per heavy atom. The molecule has 0 unspecified atom stereocenters. The van der Waals surface area contributed by atoms with Crippen molar-refractivity contribution < 1.29 is 10.2 Å². The number of phenolic OH excluding ortho intramolecular Hbond substituents is 2. The van der Waals surface area contributed by atoms with Crippen molar-refractivity contribution in [1.82, 2.24) is 0 Å². The quantitative estimate of drug-likeness (QED) is 0.802. The molecule has 0 saturated heterocycles. The highest BCUT2D eigenvalue weighted by Crippen LogP contribution is 2.35. The second-order valence-electron chi connectivity index (χ2n) is 4.88. The van der Waals surface area contributed by atoms with Gasteiger partial charge in [-0.1, -0.05) is 50.2 Å². The Hall–Kier alpha value is -1.96. The molecule has 0 aliphatic heterocycles.